The van der Waals surface area contributed by atoms with Crippen molar-refractivity contribution >= 4 is 23.9 Å². The van der Waals surface area contributed by atoms with Gasteiger partial charge in [-0.1, -0.05) is 82.2 Å². The van der Waals surface area contributed by atoms with Crippen LogP contribution in [-0.4, -0.2) is 84.7 Å². The maximum absolute atomic E-state index is 12.9. The topological polar surface area (TPSA) is 197 Å². The zero-order valence-corrected chi connectivity index (χ0v) is 26.2. The van der Waals surface area contributed by atoms with E-state index in [1.165, 1.54) is 6.08 Å². The molecule has 1 aromatic carbocycles. The largest absolute Gasteiger partial charge is 0.479 e. The van der Waals surface area contributed by atoms with E-state index in [1.54, 1.807) is 6.92 Å². The van der Waals surface area contributed by atoms with Crippen LogP contribution in [-0.2, 0) is 39.8 Å². The Labute approximate surface area is 262 Å². The fraction of sp³-hybridized carbons (Fsp3) is 0.576. The van der Waals surface area contributed by atoms with Crippen LogP contribution >= 0.6 is 0 Å². The molecule has 0 spiro atoms. The van der Waals surface area contributed by atoms with Crippen molar-refractivity contribution in [1.82, 2.24) is 0 Å². The summed E-state index contributed by atoms with van der Waals surface area (Å²) >= 11 is 0. The molecule has 0 amide bonds. The summed E-state index contributed by atoms with van der Waals surface area (Å²) in [7, 11) is 0. The number of ether oxygens (including phenoxy) is 3. The van der Waals surface area contributed by atoms with Gasteiger partial charge in [-0.3, -0.25) is 0 Å². The van der Waals surface area contributed by atoms with Crippen LogP contribution in [0.5, 0.6) is 0 Å². The quantitative estimate of drug-likeness (QED) is 0.108. The molecule has 2 fully saturated rings. The standard InChI is InChI=1S/C33H44O12/c1-6-19(2)16-20(3)12-13-24(34)43-26-25(35)31(15-14-21(4)17-22(5)18-23-10-8-7-9-11-23)44-27(28(36)37)32(42,29(38)39)33(26,45-31)30(40)41/h7-13,17,19-20,22,25-27,35,42H,6,14-16,18H2,1-5H3,(H,36,37)(H,38,39)(H,40,41)/b13-12+,21-17+/t19-,20+,22-,25+,26+,27+,31-,32+,33-/m0/s1. The first-order chi connectivity index (χ1) is 21.0. The number of carboxylic acid groups (broad SMARTS) is 3. The highest BCUT2D eigenvalue weighted by Gasteiger charge is 2.85. The molecule has 9 atom stereocenters. The third-order valence-corrected chi connectivity index (χ3v) is 8.72. The number of esters is 1. The lowest BCUT2D eigenvalue weighted by molar-refractivity contribution is -0.374. The first-order valence-corrected chi connectivity index (χ1v) is 15.1. The van der Waals surface area contributed by atoms with Crippen molar-refractivity contribution in [3.05, 3.63) is 59.7 Å². The molecule has 0 aromatic heterocycles. The van der Waals surface area contributed by atoms with Gasteiger partial charge in [0.2, 0.25) is 23.1 Å². The van der Waals surface area contributed by atoms with Crippen LogP contribution in [0.3, 0.4) is 0 Å². The smallest absolute Gasteiger partial charge is 0.344 e. The van der Waals surface area contributed by atoms with Gasteiger partial charge in [0.15, 0.2) is 6.10 Å². The molecule has 2 bridgehead atoms. The number of carbonyl (C=O) groups is 4. The second kappa shape index (κ2) is 14.2. The molecular weight excluding hydrogens is 588 g/mol. The summed E-state index contributed by atoms with van der Waals surface area (Å²) in [4.78, 5) is 50.5. The first-order valence-electron chi connectivity index (χ1n) is 15.1. The summed E-state index contributed by atoms with van der Waals surface area (Å²) < 4.78 is 16.5. The molecule has 2 aliphatic rings. The van der Waals surface area contributed by atoms with Gasteiger partial charge in [0, 0.05) is 12.5 Å². The van der Waals surface area contributed by atoms with E-state index in [0.717, 1.165) is 36.5 Å². The molecule has 45 heavy (non-hydrogen) atoms. The van der Waals surface area contributed by atoms with E-state index >= 15 is 0 Å². The molecule has 12 heteroatoms. The zero-order chi connectivity index (χ0) is 33.7. The number of rotatable bonds is 15. The Kier molecular flexibility index (Phi) is 11.4. The Hall–Kier alpha value is -3.58. The number of aliphatic hydroxyl groups is 2. The summed E-state index contributed by atoms with van der Waals surface area (Å²) in [5.74, 6) is -9.74. The third kappa shape index (κ3) is 7.14. The Morgan fingerprint density at radius 3 is 2.22 bits per heavy atom. The van der Waals surface area contributed by atoms with Crippen molar-refractivity contribution < 1.29 is 58.9 Å². The second-order valence-electron chi connectivity index (χ2n) is 12.4. The highest BCUT2D eigenvalue weighted by Crippen LogP contribution is 2.55. The Morgan fingerprint density at radius 1 is 1.02 bits per heavy atom. The molecule has 248 valence electrons. The lowest BCUT2D eigenvalue weighted by atomic mass is 9.74. The SMILES string of the molecule is CC[C@H](C)C[C@H](C)/C=C/C(=O)O[C@@H]1[C@@H](O)[C@@]2(CC/C(C)=C/[C@H](C)Cc3ccccc3)O[C@H](C(=O)O)[C@@](O)(C(=O)O)[C@]1(C(=O)O)O2. The Morgan fingerprint density at radius 2 is 1.67 bits per heavy atom. The van der Waals surface area contributed by atoms with E-state index in [0.29, 0.717) is 5.92 Å². The number of fused-ring (bicyclic) bond motifs is 2. The maximum Gasteiger partial charge on any atom is 0.344 e. The van der Waals surface area contributed by atoms with Crippen LogP contribution in [0.2, 0.25) is 0 Å². The van der Waals surface area contributed by atoms with Gasteiger partial charge in [0.1, 0.15) is 6.10 Å². The van der Waals surface area contributed by atoms with E-state index in [4.69, 9.17) is 14.2 Å². The van der Waals surface area contributed by atoms with E-state index in [-0.39, 0.29) is 24.7 Å². The van der Waals surface area contributed by atoms with Crippen LogP contribution in [0, 0.1) is 17.8 Å². The molecular formula is C33H44O12. The minimum atomic E-state index is -3.81. The van der Waals surface area contributed by atoms with Crippen LogP contribution in [0.1, 0.15) is 65.9 Å². The van der Waals surface area contributed by atoms with Gasteiger partial charge >= 0.3 is 23.9 Å². The van der Waals surface area contributed by atoms with Crippen molar-refractivity contribution in [2.24, 2.45) is 17.8 Å². The fourth-order valence-electron chi connectivity index (χ4n) is 6.22. The second-order valence-corrected chi connectivity index (χ2v) is 12.4. The molecule has 0 unspecified atom stereocenters. The third-order valence-electron chi connectivity index (χ3n) is 8.72. The average Bonchev–Trinajstić information content (AvgIpc) is 3.19. The van der Waals surface area contributed by atoms with Gasteiger partial charge in [-0.05, 0) is 49.5 Å². The monoisotopic (exact) mass is 632 g/mol. The summed E-state index contributed by atoms with van der Waals surface area (Å²) in [6.07, 6.45) is -0.646. The number of benzene rings is 1. The predicted molar refractivity (Wildman–Crippen MR) is 160 cm³/mol. The van der Waals surface area contributed by atoms with Gasteiger partial charge in [-0.25, -0.2) is 19.2 Å². The van der Waals surface area contributed by atoms with Gasteiger partial charge in [-0.15, -0.1) is 0 Å². The highest BCUT2D eigenvalue weighted by molar-refractivity contribution is 5.98. The first kappa shape index (κ1) is 35.9. The molecule has 1 aromatic rings. The van der Waals surface area contributed by atoms with E-state index in [9.17, 15) is 44.7 Å². The van der Waals surface area contributed by atoms with Gasteiger partial charge in [-0.2, -0.15) is 0 Å². The number of aliphatic hydroxyl groups excluding tert-OH is 1. The van der Waals surface area contributed by atoms with Crippen LogP contribution < -0.4 is 0 Å². The number of hydrogen-bond acceptors (Lipinski definition) is 9. The minimum absolute atomic E-state index is 0.0665. The van der Waals surface area contributed by atoms with Crippen LogP contribution in [0.25, 0.3) is 0 Å². The van der Waals surface area contributed by atoms with E-state index in [1.807, 2.05) is 64.1 Å². The summed E-state index contributed by atoms with van der Waals surface area (Å²) in [5.41, 5.74) is -5.38. The van der Waals surface area contributed by atoms with Gasteiger partial charge in [0.05, 0.1) is 0 Å². The maximum atomic E-state index is 12.9. The number of allylic oxidation sites excluding steroid dienone is 3. The van der Waals surface area contributed by atoms with Gasteiger partial charge < -0.3 is 39.7 Å². The van der Waals surface area contributed by atoms with E-state index < -0.39 is 59.2 Å². The Bertz CT molecular complexity index is 1310. The molecule has 3 rings (SSSR count). The summed E-state index contributed by atoms with van der Waals surface area (Å²) in [6, 6.07) is 9.74. The number of carbonyl (C=O) groups excluding carboxylic acids is 1. The van der Waals surface area contributed by atoms with Crippen molar-refractivity contribution in [1.29, 1.82) is 0 Å². The molecule has 0 aliphatic carbocycles. The van der Waals surface area contributed by atoms with Crippen molar-refractivity contribution in [2.75, 3.05) is 0 Å². The molecule has 12 nitrogen and oxygen atoms in total. The van der Waals surface area contributed by atoms with Crippen LogP contribution in [0.15, 0.2) is 54.1 Å². The summed E-state index contributed by atoms with van der Waals surface area (Å²) in [6.45, 7) is 9.68. The Balaban J connectivity index is 1.97. The number of carboxylic acids is 3. The number of hydrogen-bond donors (Lipinski definition) is 5. The zero-order valence-electron chi connectivity index (χ0n) is 26.2. The highest BCUT2D eigenvalue weighted by atomic mass is 16.8. The lowest BCUT2D eigenvalue weighted by Crippen LogP contribution is -2.78. The lowest BCUT2D eigenvalue weighted by Gasteiger charge is -2.48. The minimum Gasteiger partial charge on any atom is -0.479 e. The van der Waals surface area contributed by atoms with Gasteiger partial charge in [0.25, 0.3) is 0 Å². The van der Waals surface area contributed by atoms with Crippen molar-refractivity contribution in [3.63, 3.8) is 0 Å². The number of aliphatic carboxylic acids is 3. The molecule has 2 aliphatic heterocycles. The predicted octanol–water partition coefficient (Wildman–Crippen LogP) is 3.34. The summed E-state index contributed by atoms with van der Waals surface area (Å²) in [5, 5.41) is 53.1. The molecule has 2 saturated heterocycles. The molecule has 0 radical (unpaired) electrons. The average molecular weight is 633 g/mol. The van der Waals surface area contributed by atoms with E-state index in [2.05, 4.69) is 0 Å². The van der Waals surface area contributed by atoms with Crippen molar-refractivity contribution in [2.45, 2.75) is 102 Å². The molecule has 5 N–H and O–H groups in total. The molecule has 0 saturated carbocycles. The fourth-order valence-corrected chi connectivity index (χ4v) is 6.22. The molecule has 2 heterocycles. The van der Waals surface area contributed by atoms with Crippen molar-refractivity contribution in [3.8, 4) is 0 Å². The normalized spacial score (nSPS) is 31.7. The van der Waals surface area contributed by atoms with Crippen LogP contribution in [0.4, 0.5) is 0 Å².